The number of para-hydroxylation sites is 1. The minimum absolute atomic E-state index is 0. The number of ether oxygens (including phenoxy) is 2. The molecule has 0 amide bonds. The van der Waals surface area contributed by atoms with Gasteiger partial charge in [-0.3, -0.25) is 4.68 Å². The van der Waals surface area contributed by atoms with E-state index in [2.05, 4.69) is 128 Å². The van der Waals surface area contributed by atoms with Crippen LogP contribution in [0, 0.1) is 12.1 Å². The molecule has 244 valence electrons. The smallest absolute Gasteiger partial charge is 0.509 e. The molecule has 0 aliphatic carbocycles. The van der Waals surface area contributed by atoms with Crippen molar-refractivity contribution in [3.8, 4) is 39.9 Å². The molecule has 7 rings (SSSR count). The van der Waals surface area contributed by atoms with Crippen LogP contribution in [0.3, 0.4) is 0 Å². The summed E-state index contributed by atoms with van der Waals surface area (Å²) in [6, 6.07) is 38.1. The van der Waals surface area contributed by atoms with Crippen LogP contribution in [-0.2, 0) is 39.3 Å². The zero-order valence-electron chi connectivity index (χ0n) is 28.1. The van der Waals surface area contributed by atoms with Crippen molar-refractivity contribution in [1.82, 2.24) is 19.3 Å². The maximum absolute atomic E-state index is 6.63. The molecule has 0 bridgehead atoms. The number of pyridine rings is 1. The van der Waals surface area contributed by atoms with Gasteiger partial charge in [-0.2, -0.15) is 11.2 Å². The fourth-order valence-electron chi connectivity index (χ4n) is 6.28. The van der Waals surface area contributed by atoms with E-state index < -0.39 is 0 Å². The van der Waals surface area contributed by atoms with Crippen LogP contribution in [-0.4, -0.2) is 26.4 Å². The molecule has 0 N–H and O–H groups in total. The second-order valence-corrected chi connectivity index (χ2v) is 12.7. The monoisotopic (exact) mass is 813 g/mol. The Bertz CT molecular complexity index is 2230. The number of hydrogen-bond donors (Lipinski definition) is 0. The first-order chi connectivity index (χ1) is 22.8. The largest absolute Gasteiger partial charge is 2.00 e. The number of rotatable bonds is 8. The van der Waals surface area contributed by atoms with Crippen molar-refractivity contribution in [3.63, 3.8) is 0 Å². The summed E-state index contributed by atoms with van der Waals surface area (Å²) in [4.78, 5) is 4.69. The van der Waals surface area contributed by atoms with Crippen molar-refractivity contribution < 1.29 is 30.5 Å². The number of benzene rings is 4. The van der Waals surface area contributed by atoms with Crippen molar-refractivity contribution in [2.75, 3.05) is 7.11 Å². The van der Waals surface area contributed by atoms with E-state index in [1.54, 1.807) is 13.3 Å². The molecule has 0 aliphatic rings. The van der Waals surface area contributed by atoms with Crippen LogP contribution in [0.25, 0.3) is 44.4 Å². The van der Waals surface area contributed by atoms with E-state index in [0.29, 0.717) is 11.5 Å². The second kappa shape index (κ2) is 13.4. The third-order valence-electron chi connectivity index (χ3n) is 8.67. The molecule has 6 nitrogen and oxygen atoms in total. The summed E-state index contributed by atoms with van der Waals surface area (Å²) in [6.45, 7) is 11.0. The van der Waals surface area contributed by atoms with Crippen molar-refractivity contribution in [1.29, 1.82) is 0 Å². The quantitative estimate of drug-likeness (QED) is 0.144. The van der Waals surface area contributed by atoms with Crippen LogP contribution < -0.4 is 9.47 Å². The number of aryl methyl sites for hydroxylation is 1. The summed E-state index contributed by atoms with van der Waals surface area (Å²) in [7, 11) is 1.66. The van der Waals surface area contributed by atoms with Gasteiger partial charge in [0, 0.05) is 40.5 Å². The molecule has 0 atom stereocenters. The van der Waals surface area contributed by atoms with Gasteiger partial charge in [-0.1, -0.05) is 88.7 Å². The second-order valence-electron chi connectivity index (χ2n) is 12.7. The van der Waals surface area contributed by atoms with E-state index in [-0.39, 0.29) is 26.5 Å². The van der Waals surface area contributed by atoms with Gasteiger partial charge in [-0.05, 0) is 47.0 Å². The van der Waals surface area contributed by atoms with Gasteiger partial charge in [0.15, 0.2) is 0 Å². The first-order valence-corrected chi connectivity index (χ1v) is 16.2. The first-order valence-electron chi connectivity index (χ1n) is 16.2. The standard InChI is InChI=1S/C41H38N4O2.Pt/c1-7-35-40(27-14-10-9-11-15-27)36(8-2)45(43-35)29-22-28(41(3,4)5)23-32(24-29)47-31-18-19-34-33-16-12-13-17-37(33)44(38(34)25-31)39-26-30(46-6)20-21-42-39;/h9-23,26H,7-8H2,1-6H3;/q-2;+2. The van der Waals surface area contributed by atoms with Crippen LogP contribution in [0.15, 0.2) is 97.2 Å². The van der Waals surface area contributed by atoms with E-state index in [9.17, 15) is 0 Å². The normalized spacial score (nSPS) is 11.5. The molecular formula is C41H38N4O2Pt. The molecule has 3 heterocycles. The summed E-state index contributed by atoms with van der Waals surface area (Å²) in [6.07, 6.45) is 3.42. The fourth-order valence-corrected chi connectivity index (χ4v) is 6.28. The third kappa shape index (κ3) is 6.06. The van der Waals surface area contributed by atoms with Gasteiger partial charge in [0.05, 0.1) is 12.8 Å². The third-order valence-corrected chi connectivity index (χ3v) is 8.67. The molecule has 48 heavy (non-hydrogen) atoms. The summed E-state index contributed by atoms with van der Waals surface area (Å²) in [5, 5.41) is 7.32. The number of nitrogens with zero attached hydrogens (tertiary/aromatic N) is 4. The van der Waals surface area contributed by atoms with E-state index in [1.165, 1.54) is 11.1 Å². The van der Waals surface area contributed by atoms with Gasteiger partial charge in [0.2, 0.25) is 0 Å². The van der Waals surface area contributed by atoms with Crippen molar-refractivity contribution in [2.45, 2.75) is 52.9 Å². The molecule has 7 aromatic rings. The molecule has 0 spiro atoms. The Morgan fingerprint density at radius 3 is 2.29 bits per heavy atom. The Labute approximate surface area is 296 Å². The molecule has 0 fully saturated rings. The van der Waals surface area contributed by atoms with Crippen LogP contribution in [0.1, 0.15) is 51.6 Å². The number of hydrogen-bond acceptors (Lipinski definition) is 4. The van der Waals surface area contributed by atoms with Crippen LogP contribution in [0.4, 0.5) is 0 Å². The van der Waals surface area contributed by atoms with Gasteiger partial charge < -0.3 is 14.0 Å². The predicted molar refractivity (Wildman–Crippen MR) is 189 cm³/mol. The molecule has 0 aliphatic heterocycles. The van der Waals surface area contributed by atoms with Gasteiger partial charge in [0.1, 0.15) is 11.6 Å². The molecule has 0 unspecified atom stereocenters. The summed E-state index contributed by atoms with van der Waals surface area (Å²) in [5.74, 6) is 2.69. The number of fused-ring (bicyclic) bond motifs is 3. The van der Waals surface area contributed by atoms with Crippen LogP contribution in [0.5, 0.6) is 17.2 Å². The Morgan fingerprint density at radius 1 is 0.792 bits per heavy atom. The molecular weight excluding hydrogens is 776 g/mol. The average Bonchev–Trinajstić information content (AvgIpc) is 3.63. The maximum atomic E-state index is 6.63. The van der Waals surface area contributed by atoms with Crippen LogP contribution >= 0.6 is 0 Å². The Kier molecular flexibility index (Phi) is 9.31. The van der Waals surface area contributed by atoms with Crippen molar-refractivity contribution in [2.24, 2.45) is 0 Å². The fraction of sp³-hybridized carbons (Fsp3) is 0.220. The zero-order chi connectivity index (χ0) is 32.7. The van der Waals surface area contributed by atoms with Gasteiger partial charge in [0.25, 0.3) is 0 Å². The van der Waals surface area contributed by atoms with Gasteiger partial charge in [-0.15, -0.1) is 41.3 Å². The SMILES string of the molecule is CCc1nn(-c2[c-]c(Oc3[c-]c4c(cc3)c3ccccc3n4-c3cc(OC)ccn3)cc(C(C)(C)C)c2)c(CC)c1-c1ccccc1.[Pt+2]. The Morgan fingerprint density at radius 2 is 1.56 bits per heavy atom. The molecule has 0 saturated heterocycles. The Hall–Kier alpha value is -4.67. The van der Waals surface area contributed by atoms with Gasteiger partial charge >= 0.3 is 21.1 Å². The van der Waals surface area contributed by atoms with E-state index in [0.717, 1.165) is 68.9 Å². The maximum Gasteiger partial charge on any atom is 2.00 e. The topological polar surface area (TPSA) is 54.1 Å². The molecule has 0 saturated carbocycles. The van der Waals surface area contributed by atoms with Crippen LogP contribution in [0.2, 0.25) is 0 Å². The molecule has 4 aromatic carbocycles. The minimum atomic E-state index is -0.129. The average molecular weight is 814 g/mol. The number of aromatic nitrogens is 4. The number of methoxy groups -OCH3 is 1. The molecule has 0 radical (unpaired) electrons. The van der Waals surface area contributed by atoms with Crippen molar-refractivity contribution in [3.05, 3.63) is 126 Å². The van der Waals surface area contributed by atoms with Gasteiger partial charge in [-0.25, -0.2) is 4.98 Å². The van der Waals surface area contributed by atoms with E-state index in [1.807, 2.05) is 24.3 Å². The van der Waals surface area contributed by atoms with Crippen molar-refractivity contribution >= 4 is 21.8 Å². The molecule has 3 aromatic heterocycles. The minimum Gasteiger partial charge on any atom is -0.509 e. The summed E-state index contributed by atoms with van der Waals surface area (Å²) in [5.41, 5.74) is 8.38. The zero-order valence-corrected chi connectivity index (χ0v) is 30.3. The predicted octanol–water partition coefficient (Wildman–Crippen LogP) is 9.85. The van der Waals surface area contributed by atoms with E-state index in [4.69, 9.17) is 14.6 Å². The Balaban J connectivity index is 0.00000401. The summed E-state index contributed by atoms with van der Waals surface area (Å²) < 4.78 is 16.3. The molecule has 7 heteroatoms. The summed E-state index contributed by atoms with van der Waals surface area (Å²) >= 11 is 0. The van der Waals surface area contributed by atoms with E-state index >= 15 is 0 Å². The first kappa shape index (κ1) is 33.2.